The normalized spacial score (nSPS) is 35.1. The second kappa shape index (κ2) is 7.00. The molecule has 2 nitrogen and oxygen atoms in total. The minimum atomic E-state index is 0.341. The minimum absolute atomic E-state index is 0.341. The van der Waals surface area contributed by atoms with E-state index in [2.05, 4.69) is 39.9 Å². The zero-order valence-corrected chi connectivity index (χ0v) is 15.0. The molecule has 0 saturated heterocycles. The molecule has 0 aromatic carbocycles. The number of hydrogen-bond donors (Lipinski definition) is 1. The molecule has 1 N–H and O–H groups in total. The quantitative estimate of drug-likeness (QED) is 0.696. The van der Waals surface area contributed by atoms with Gasteiger partial charge in [0.15, 0.2) is 0 Å². The Morgan fingerprint density at radius 2 is 1.86 bits per heavy atom. The molecule has 2 aliphatic carbocycles. The topological polar surface area (TPSA) is 21.3 Å². The van der Waals surface area contributed by atoms with Crippen molar-refractivity contribution in [3.05, 3.63) is 0 Å². The highest BCUT2D eigenvalue weighted by Crippen LogP contribution is 2.48. The van der Waals surface area contributed by atoms with Crippen molar-refractivity contribution >= 4 is 0 Å². The average molecular weight is 296 g/mol. The van der Waals surface area contributed by atoms with Gasteiger partial charge in [0.2, 0.25) is 0 Å². The maximum atomic E-state index is 5.94. The van der Waals surface area contributed by atoms with Crippen LogP contribution >= 0.6 is 0 Å². The van der Waals surface area contributed by atoms with Crippen LogP contribution in [0.1, 0.15) is 79.6 Å². The van der Waals surface area contributed by atoms with Gasteiger partial charge in [-0.05, 0) is 50.4 Å². The van der Waals surface area contributed by atoms with Gasteiger partial charge in [-0.3, -0.25) is 0 Å². The lowest BCUT2D eigenvalue weighted by molar-refractivity contribution is -0.127. The lowest BCUT2D eigenvalue weighted by Gasteiger charge is -2.54. The summed E-state index contributed by atoms with van der Waals surface area (Å²) in [5.74, 6) is 0.819. The third-order valence-corrected chi connectivity index (χ3v) is 6.34. The second-order valence-electron chi connectivity index (χ2n) is 8.28. The lowest BCUT2D eigenvalue weighted by atomic mass is 9.61. The summed E-state index contributed by atoms with van der Waals surface area (Å²) in [6.45, 7) is 13.7. The molecule has 2 aliphatic rings. The van der Waals surface area contributed by atoms with Crippen LogP contribution in [0.3, 0.4) is 0 Å². The van der Waals surface area contributed by atoms with Gasteiger partial charge in [0.25, 0.3) is 0 Å². The molecule has 21 heavy (non-hydrogen) atoms. The Bertz CT molecular complexity index is 322. The number of rotatable bonds is 8. The molecular weight excluding hydrogens is 258 g/mol. The Hall–Kier alpha value is -0.0800. The first-order valence-electron chi connectivity index (χ1n) is 9.31. The molecule has 0 radical (unpaired) electrons. The molecule has 2 rings (SSSR count). The second-order valence-corrected chi connectivity index (χ2v) is 8.28. The van der Waals surface area contributed by atoms with E-state index in [0.29, 0.717) is 23.0 Å². The fourth-order valence-corrected chi connectivity index (χ4v) is 4.85. The molecule has 124 valence electrons. The van der Waals surface area contributed by atoms with E-state index in [4.69, 9.17) is 4.74 Å². The van der Waals surface area contributed by atoms with Gasteiger partial charge < -0.3 is 10.1 Å². The molecule has 2 fully saturated rings. The number of ether oxygens (including phenoxy) is 1. The van der Waals surface area contributed by atoms with Gasteiger partial charge in [-0.15, -0.1) is 0 Å². The van der Waals surface area contributed by atoms with Gasteiger partial charge in [0, 0.05) is 24.6 Å². The van der Waals surface area contributed by atoms with Gasteiger partial charge in [-0.25, -0.2) is 0 Å². The molecular formula is C19H37NO. The van der Waals surface area contributed by atoms with Crippen molar-refractivity contribution < 1.29 is 4.74 Å². The van der Waals surface area contributed by atoms with E-state index < -0.39 is 0 Å². The Morgan fingerprint density at radius 1 is 1.19 bits per heavy atom. The van der Waals surface area contributed by atoms with Gasteiger partial charge in [0.05, 0.1) is 6.10 Å². The van der Waals surface area contributed by atoms with Crippen LogP contribution in [0.15, 0.2) is 0 Å². The molecule has 0 spiro atoms. The van der Waals surface area contributed by atoms with Crippen molar-refractivity contribution in [1.29, 1.82) is 0 Å². The average Bonchev–Trinajstić information content (AvgIpc) is 2.88. The molecule has 0 bridgehead atoms. The zero-order valence-electron chi connectivity index (χ0n) is 15.0. The highest BCUT2D eigenvalue weighted by Gasteiger charge is 2.51. The van der Waals surface area contributed by atoms with Crippen LogP contribution in [-0.4, -0.2) is 25.3 Å². The molecule has 0 heterocycles. The van der Waals surface area contributed by atoms with Crippen molar-refractivity contribution in [1.82, 2.24) is 5.32 Å². The fraction of sp³-hybridized carbons (Fsp3) is 1.00. The lowest BCUT2D eigenvalue weighted by Crippen LogP contribution is -2.63. The Labute approximate surface area is 132 Å². The maximum Gasteiger partial charge on any atom is 0.0658 e. The van der Waals surface area contributed by atoms with E-state index >= 15 is 0 Å². The van der Waals surface area contributed by atoms with E-state index in [0.717, 1.165) is 12.5 Å². The summed E-state index contributed by atoms with van der Waals surface area (Å²) in [5, 5.41) is 3.96. The summed E-state index contributed by atoms with van der Waals surface area (Å²) in [5.41, 5.74) is 0.924. The maximum absolute atomic E-state index is 5.94. The minimum Gasteiger partial charge on any atom is -0.378 e. The summed E-state index contributed by atoms with van der Waals surface area (Å²) >= 11 is 0. The van der Waals surface area contributed by atoms with Gasteiger partial charge in [-0.2, -0.15) is 0 Å². The van der Waals surface area contributed by atoms with Crippen LogP contribution in [0.2, 0.25) is 0 Å². The summed E-state index contributed by atoms with van der Waals surface area (Å²) in [6, 6.07) is 0.656. The molecule has 0 aliphatic heterocycles. The highest BCUT2D eigenvalue weighted by atomic mass is 16.5. The standard InChI is InChI=1S/C19H37NO/c1-6-18(5)16(12-17(18)21-7-2)20-14-19(13-15(3)4)10-8-9-11-19/h15-17,20H,6-14H2,1-5H3. The third-order valence-electron chi connectivity index (χ3n) is 6.34. The van der Waals surface area contributed by atoms with E-state index in [1.165, 1.54) is 51.5 Å². The van der Waals surface area contributed by atoms with E-state index in [-0.39, 0.29) is 0 Å². The first kappa shape index (κ1) is 17.3. The summed E-state index contributed by atoms with van der Waals surface area (Å²) in [6.07, 6.45) is 10.0. The number of hydrogen-bond acceptors (Lipinski definition) is 2. The molecule has 3 atom stereocenters. The Balaban J connectivity index is 1.90. The predicted octanol–water partition coefficient (Wildman–Crippen LogP) is 4.78. The van der Waals surface area contributed by atoms with E-state index in [1.807, 2.05) is 0 Å². The SMILES string of the molecule is CCOC1CC(NCC2(CC(C)C)CCCC2)C1(C)CC. The highest BCUT2D eigenvalue weighted by molar-refractivity contribution is 5.05. The summed E-state index contributed by atoms with van der Waals surface area (Å²) < 4.78 is 5.94. The Kier molecular flexibility index (Phi) is 5.76. The third kappa shape index (κ3) is 3.64. The number of nitrogens with one attached hydrogen (secondary N) is 1. The Morgan fingerprint density at radius 3 is 2.38 bits per heavy atom. The fourth-order valence-electron chi connectivity index (χ4n) is 4.85. The van der Waals surface area contributed by atoms with Crippen LogP contribution in [0.25, 0.3) is 0 Å². The molecule has 2 heteroatoms. The molecule has 3 unspecified atom stereocenters. The summed E-state index contributed by atoms with van der Waals surface area (Å²) in [4.78, 5) is 0. The van der Waals surface area contributed by atoms with E-state index in [1.54, 1.807) is 0 Å². The first-order chi connectivity index (χ1) is 9.96. The van der Waals surface area contributed by atoms with Crippen molar-refractivity contribution in [3.8, 4) is 0 Å². The smallest absolute Gasteiger partial charge is 0.0658 e. The van der Waals surface area contributed by atoms with E-state index in [9.17, 15) is 0 Å². The largest absolute Gasteiger partial charge is 0.378 e. The van der Waals surface area contributed by atoms with Gasteiger partial charge >= 0.3 is 0 Å². The molecule has 0 aromatic rings. The molecule has 0 amide bonds. The van der Waals surface area contributed by atoms with Crippen molar-refractivity contribution in [2.75, 3.05) is 13.2 Å². The van der Waals surface area contributed by atoms with Crippen molar-refractivity contribution in [2.24, 2.45) is 16.7 Å². The predicted molar refractivity (Wildman–Crippen MR) is 90.6 cm³/mol. The van der Waals surface area contributed by atoms with Crippen LogP contribution in [0.4, 0.5) is 0 Å². The molecule has 2 saturated carbocycles. The first-order valence-corrected chi connectivity index (χ1v) is 9.31. The van der Waals surface area contributed by atoms with Gasteiger partial charge in [0.1, 0.15) is 0 Å². The summed E-state index contributed by atoms with van der Waals surface area (Å²) in [7, 11) is 0. The van der Waals surface area contributed by atoms with Gasteiger partial charge in [-0.1, -0.05) is 40.5 Å². The van der Waals surface area contributed by atoms with Crippen LogP contribution in [0, 0.1) is 16.7 Å². The molecule has 0 aromatic heterocycles. The van der Waals surface area contributed by atoms with Crippen molar-refractivity contribution in [2.45, 2.75) is 91.7 Å². The van der Waals surface area contributed by atoms with Crippen LogP contribution in [0.5, 0.6) is 0 Å². The van der Waals surface area contributed by atoms with Crippen LogP contribution < -0.4 is 5.32 Å². The monoisotopic (exact) mass is 295 g/mol. The van der Waals surface area contributed by atoms with Crippen molar-refractivity contribution in [3.63, 3.8) is 0 Å². The zero-order chi connectivity index (χ0) is 15.5. The van der Waals surface area contributed by atoms with Crippen LogP contribution in [-0.2, 0) is 4.74 Å².